The van der Waals surface area contributed by atoms with E-state index in [0.717, 1.165) is 17.8 Å². The van der Waals surface area contributed by atoms with Crippen LogP contribution in [0.4, 0.5) is 4.39 Å². The van der Waals surface area contributed by atoms with Gasteiger partial charge in [-0.15, -0.1) is 5.10 Å². The summed E-state index contributed by atoms with van der Waals surface area (Å²) < 4.78 is 46.3. The minimum atomic E-state index is -3.36. The van der Waals surface area contributed by atoms with Gasteiger partial charge in [0.2, 0.25) is 0 Å². The van der Waals surface area contributed by atoms with Crippen LogP contribution in [-0.2, 0) is 14.6 Å². The molecule has 3 rings (SSSR count). The number of sulfone groups is 1. The molecule has 1 amide bonds. The molecule has 1 aliphatic heterocycles. The Balaban J connectivity index is 1.56. The molecule has 1 aromatic heterocycles. The third-order valence-corrected chi connectivity index (χ3v) is 6.79. The van der Waals surface area contributed by atoms with Crippen LogP contribution in [0.2, 0.25) is 0 Å². The maximum Gasteiger partial charge on any atom is 0.260 e. The van der Waals surface area contributed by atoms with Gasteiger partial charge in [-0.25, -0.2) is 12.8 Å². The van der Waals surface area contributed by atoms with E-state index < -0.39 is 15.7 Å². The Kier molecular flexibility index (Phi) is 5.52. The van der Waals surface area contributed by atoms with Crippen LogP contribution in [-0.4, -0.2) is 54.8 Å². The highest BCUT2D eigenvalue weighted by Crippen LogP contribution is 2.32. The second-order valence-corrected chi connectivity index (χ2v) is 9.06. The highest BCUT2D eigenvalue weighted by molar-refractivity contribution is 7.92. The summed E-state index contributed by atoms with van der Waals surface area (Å²) in [7, 11) is -3.36. The van der Waals surface area contributed by atoms with Crippen molar-refractivity contribution in [2.24, 2.45) is 0 Å². The van der Waals surface area contributed by atoms with Crippen molar-refractivity contribution in [3.8, 4) is 5.75 Å². The third-order valence-electron chi connectivity index (χ3n) is 4.24. The SMILES string of the molecule is CS(=O)(=O)c1snnc1C1CCN(C(=O)COc2ccccc2F)CC1. The van der Waals surface area contributed by atoms with E-state index in [1.807, 2.05) is 0 Å². The Bertz CT molecular complexity index is 892. The summed E-state index contributed by atoms with van der Waals surface area (Å²) in [4.78, 5) is 13.9. The molecule has 1 saturated heterocycles. The zero-order chi connectivity index (χ0) is 18.7. The number of aromatic nitrogens is 2. The van der Waals surface area contributed by atoms with Crippen LogP contribution >= 0.6 is 11.5 Å². The number of carbonyl (C=O) groups excluding carboxylic acids is 1. The van der Waals surface area contributed by atoms with Crippen molar-refractivity contribution in [1.82, 2.24) is 14.5 Å². The monoisotopic (exact) mass is 399 g/mol. The second-order valence-electron chi connectivity index (χ2n) is 6.09. The molecule has 26 heavy (non-hydrogen) atoms. The van der Waals surface area contributed by atoms with E-state index in [-0.39, 0.29) is 28.4 Å². The number of likely N-dealkylation sites (tertiary alicyclic amines) is 1. The molecule has 0 saturated carbocycles. The lowest BCUT2D eigenvalue weighted by atomic mass is 9.94. The highest BCUT2D eigenvalue weighted by Gasteiger charge is 2.30. The number of piperidine rings is 1. The lowest BCUT2D eigenvalue weighted by molar-refractivity contribution is -0.134. The van der Waals surface area contributed by atoms with Crippen LogP contribution in [0.3, 0.4) is 0 Å². The summed E-state index contributed by atoms with van der Waals surface area (Å²) in [5.74, 6) is -0.744. The van der Waals surface area contributed by atoms with Crippen molar-refractivity contribution < 1.29 is 22.3 Å². The molecule has 0 radical (unpaired) electrons. The average molecular weight is 399 g/mol. The predicted octanol–water partition coefficient (Wildman–Crippen LogP) is 1.87. The summed E-state index contributed by atoms with van der Waals surface area (Å²) in [5, 5.41) is 3.98. The standard InChI is InChI=1S/C16H18FN3O4S2/c1-26(22,23)16-15(18-19-25-16)11-6-8-20(9-7-11)14(21)10-24-13-5-3-2-4-12(13)17/h2-5,11H,6-10H2,1H3. The fourth-order valence-electron chi connectivity index (χ4n) is 2.89. The fraction of sp³-hybridized carbons (Fsp3) is 0.438. The predicted molar refractivity (Wildman–Crippen MR) is 93.5 cm³/mol. The van der Waals surface area contributed by atoms with E-state index >= 15 is 0 Å². The van der Waals surface area contributed by atoms with Crippen molar-refractivity contribution in [2.45, 2.75) is 23.0 Å². The number of nitrogens with zero attached hydrogens (tertiary/aromatic N) is 3. The summed E-state index contributed by atoms with van der Waals surface area (Å²) in [6.07, 6.45) is 2.34. The minimum Gasteiger partial charge on any atom is -0.481 e. The lowest BCUT2D eigenvalue weighted by Gasteiger charge is -2.31. The Hall–Kier alpha value is -2.07. The molecule has 2 heterocycles. The summed E-state index contributed by atoms with van der Waals surface area (Å²) >= 11 is 0.879. The third kappa shape index (κ3) is 4.18. The van der Waals surface area contributed by atoms with Gasteiger partial charge < -0.3 is 9.64 Å². The number of hydrogen-bond donors (Lipinski definition) is 0. The van der Waals surface area contributed by atoms with Gasteiger partial charge in [0.15, 0.2) is 32.2 Å². The number of carbonyl (C=O) groups is 1. The number of rotatable bonds is 5. The zero-order valence-corrected chi connectivity index (χ0v) is 15.7. The maximum absolute atomic E-state index is 13.5. The minimum absolute atomic E-state index is 0.0436. The van der Waals surface area contributed by atoms with E-state index in [1.54, 1.807) is 17.0 Å². The molecule has 0 unspecified atom stereocenters. The van der Waals surface area contributed by atoms with Crippen molar-refractivity contribution >= 4 is 27.3 Å². The first-order chi connectivity index (χ1) is 12.4. The van der Waals surface area contributed by atoms with E-state index in [2.05, 4.69) is 9.59 Å². The Labute approximate surface area is 154 Å². The molecule has 0 atom stereocenters. The summed E-state index contributed by atoms with van der Waals surface area (Å²) in [6.45, 7) is 0.689. The van der Waals surface area contributed by atoms with Crippen molar-refractivity contribution in [1.29, 1.82) is 0 Å². The van der Waals surface area contributed by atoms with Crippen LogP contribution in [0.25, 0.3) is 0 Å². The first-order valence-corrected chi connectivity index (χ1v) is 10.7. The van der Waals surface area contributed by atoms with E-state index in [9.17, 15) is 17.6 Å². The van der Waals surface area contributed by atoms with Crippen LogP contribution in [0.5, 0.6) is 5.75 Å². The number of ether oxygens (including phenoxy) is 1. The molecule has 1 fully saturated rings. The van der Waals surface area contributed by atoms with E-state index in [1.165, 1.54) is 12.1 Å². The molecule has 1 aromatic carbocycles. The van der Waals surface area contributed by atoms with Gasteiger partial charge in [-0.1, -0.05) is 16.6 Å². The quantitative estimate of drug-likeness (QED) is 0.763. The van der Waals surface area contributed by atoms with Crippen molar-refractivity contribution in [3.63, 3.8) is 0 Å². The zero-order valence-electron chi connectivity index (χ0n) is 14.1. The van der Waals surface area contributed by atoms with Gasteiger partial charge in [0.25, 0.3) is 5.91 Å². The topological polar surface area (TPSA) is 89.5 Å². The molecule has 1 aliphatic rings. The maximum atomic E-state index is 13.5. The molecule has 0 aliphatic carbocycles. The molecular weight excluding hydrogens is 381 g/mol. The molecule has 0 bridgehead atoms. The van der Waals surface area contributed by atoms with Gasteiger partial charge in [0.1, 0.15) is 0 Å². The lowest BCUT2D eigenvalue weighted by Crippen LogP contribution is -2.40. The average Bonchev–Trinajstić information content (AvgIpc) is 3.11. The first-order valence-electron chi connectivity index (χ1n) is 8.03. The molecule has 7 nitrogen and oxygen atoms in total. The summed E-state index contributed by atoms with van der Waals surface area (Å²) in [6, 6.07) is 5.92. The molecule has 140 valence electrons. The van der Waals surface area contributed by atoms with Crippen LogP contribution < -0.4 is 4.74 Å². The van der Waals surface area contributed by atoms with Gasteiger partial charge in [-0.3, -0.25) is 4.79 Å². The molecule has 0 N–H and O–H groups in total. The Morgan fingerprint density at radius 1 is 1.35 bits per heavy atom. The molecular formula is C16H18FN3O4S2. The summed E-state index contributed by atoms with van der Waals surface area (Å²) in [5.41, 5.74) is 0.493. The Morgan fingerprint density at radius 2 is 2.04 bits per heavy atom. The second kappa shape index (κ2) is 7.67. The van der Waals surface area contributed by atoms with Crippen LogP contribution in [0.1, 0.15) is 24.5 Å². The van der Waals surface area contributed by atoms with Gasteiger partial charge in [-0.2, -0.15) is 0 Å². The number of benzene rings is 1. The number of halogens is 1. The van der Waals surface area contributed by atoms with E-state index in [0.29, 0.717) is 31.6 Å². The number of amides is 1. The van der Waals surface area contributed by atoms with Gasteiger partial charge in [0.05, 0.1) is 5.69 Å². The van der Waals surface area contributed by atoms with Crippen molar-refractivity contribution in [2.75, 3.05) is 26.0 Å². The molecule has 10 heteroatoms. The molecule has 0 spiro atoms. The van der Waals surface area contributed by atoms with Crippen LogP contribution in [0, 0.1) is 5.82 Å². The van der Waals surface area contributed by atoms with Crippen molar-refractivity contribution in [3.05, 3.63) is 35.8 Å². The first kappa shape index (κ1) is 18.7. The molecule has 2 aromatic rings. The van der Waals surface area contributed by atoms with Gasteiger partial charge in [-0.05, 0) is 25.0 Å². The largest absolute Gasteiger partial charge is 0.481 e. The van der Waals surface area contributed by atoms with Gasteiger partial charge >= 0.3 is 0 Å². The highest BCUT2D eigenvalue weighted by atomic mass is 32.2. The van der Waals surface area contributed by atoms with Gasteiger partial charge in [0, 0.05) is 36.8 Å². The smallest absolute Gasteiger partial charge is 0.260 e. The fourth-order valence-corrected chi connectivity index (χ4v) is 4.62. The number of hydrogen-bond acceptors (Lipinski definition) is 7. The number of para-hydroxylation sites is 1. The van der Waals surface area contributed by atoms with E-state index in [4.69, 9.17) is 4.74 Å². The van der Waals surface area contributed by atoms with Crippen LogP contribution in [0.15, 0.2) is 28.5 Å². The Morgan fingerprint density at radius 3 is 2.69 bits per heavy atom. The normalized spacial score (nSPS) is 15.8.